The number of carbonyl (C=O) groups is 4. The minimum absolute atomic E-state index is 0.103. The zero-order chi connectivity index (χ0) is 65.0. The molecule has 0 spiro atoms. The van der Waals surface area contributed by atoms with Gasteiger partial charge in [-0.1, -0.05) is 298 Å². The van der Waals surface area contributed by atoms with Crippen LogP contribution < -0.4 is 0 Å². The Morgan fingerprint density at radius 2 is 0.545 bits per heavy atom. The molecule has 0 aromatic heterocycles. The van der Waals surface area contributed by atoms with Crippen LogP contribution >= 0.6 is 15.6 Å². The van der Waals surface area contributed by atoms with Crippen LogP contribution in [0.4, 0.5) is 0 Å². The van der Waals surface area contributed by atoms with Crippen LogP contribution in [0.3, 0.4) is 0 Å². The van der Waals surface area contributed by atoms with E-state index < -0.39 is 97.5 Å². The quantitative estimate of drug-likeness (QED) is 0.0222. The van der Waals surface area contributed by atoms with E-state index in [1.54, 1.807) is 0 Å². The normalized spacial score (nSPS) is 14.8. The van der Waals surface area contributed by atoms with Gasteiger partial charge in [-0.05, 0) is 37.5 Å². The fraction of sp³-hybridized carbons (Fsp3) is 0.942. The third-order valence-corrected chi connectivity index (χ3v) is 18.6. The van der Waals surface area contributed by atoms with Crippen molar-refractivity contribution in [2.75, 3.05) is 39.6 Å². The number of phosphoric ester groups is 2. The van der Waals surface area contributed by atoms with Gasteiger partial charge in [0.2, 0.25) is 0 Å². The van der Waals surface area contributed by atoms with E-state index in [0.717, 1.165) is 102 Å². The molecule has 0 amide bonds. The van der Waals surface area contributed by atoms with Crippen molar-refractivity contribution in [1.29, 1.82) is 0 Å². The monoisotopic (exact) mass is 1300 g/mol. The average molecular weight is 1300 g/mol. The van der Waals surface area contributed by atoms with Crippen LogP contribution in [0.1, 0.15) is 350 Å². The summed E-state index contributed by atoms with van der Waals surface area (Å²) in [5.74, 6) is -0.598. The zero-order valence-corrected chi connectivity index (χ0v) is 58.8. The fourth-order valence-electron chi connectivity index (χ4n) is 10.4. The molecule has 0 aromatic rings. The molecule has 19 heteroatoms. The number of hydrogen-bond donors (Lipinski definition) is 3. The van der Waals surface area contributed by atoms with E-state index in [4.69, 9.17) is 37.0 Å². The molecule has 17 nitrogen and oxygen atoms in total. The third-order valence-electron chi connectivity index (χ3n) is 16.7. The summed E-state index contributed by atoms with van der Waals surface area (Å²) in [5, 5.41) is 10.6. The van der Waals surface area contributed by atoms with E-state index in [1.807, 2.05) is 0 Å². The van der Waals surface area contributed by atoms with Gasteiger partial charge in [0.15, 0.2) is 12.2 Å². The Hall–Kier alpha value is -1.94. The van der Waals surface area contributed by atoms with Gasteiger partial charge in [0.25, 0.3) is 0 Å². The average Bonchev–Trinajstić information content (AvgIpc) is 3.58. The molecule has 0 bridgehead atoms. The molecular weight excluding hydrogens is 1160 g/mol. The molecule has 522 valence electrons. The summed E-state index contributed by atoms with van der Waals surface area (Å²) in [6.07, 6.45) is 45.7. The van der Waals surface area contributed by atoms with E-state index in [-0.39, 0.29) is 25.7 Å². The van der Waals surface area contributed by atoms with Crippen LogP contribution in [0.2, 0.25) is 0 Å². The van der Waals surface area contributed by atoms with Gasteiger partial charge >= 0.3 is 39.5 Å². The summed E-state index contributed by atoms with van der Waals surface area (Å²) in [5.41, 5.74) is 0. The maximum Gasteiger partial charge on any atom is 0.472 e. The highest BCUT2D eigenvalue weighted by atomic mass is 31.2. The van der Waals surface area contributed by atoms with E-state index in [1.165, 1.54) is 167 Å². The van der Waals surface area contributed by atoms with Crippen molar-refractivity contribution in [2.45, 2.75) is 368 Å². The van der Waals surface area contributed by atoms with Crippen molar-refractivity contribution in [1.82, 2.24) is 0 Å². The molecule has 0 saturated carbocycles. The van der Waals surface area contributed by atoms with E-state index in [9.17, 15) is 43.2 Å². The standard InChI is InChI=1S/C69H134O17P2/c1-7-11-13-15-17-19-20-21-22-23-24-30-34-41-47-53-68(73)85-64(57-80-67(72)52-46-40-33-29-26-25-28-31-37-43-49-61(5)9-3)59-83-87(75,76)81-55-63(70)56-82-88(77,78)84-60-65(58-79-66(71)51-45-39-32-27-18-16-14-12-8-2)86-69(74)54-48-42-36-35-38-44-50-62(6)10-4/h61-65,70H,7-60H2,1-6H3,(H,75,76)(H,77,78)/t61?,62?,63-,64-,65-/m1/s1. The Kier molecular flexibility index (Phi) is 59.9. The highest BCUT2D eigenvalue weighted by molar-refractivity contribution is 7.47. The second kappa shape index (κ2) is 61.3. The summed E-state index contributed by atoms with van der Waals surface area (Å²) in [6.45, 7) is 9.51. The predicted octanol–water partition coefficient (Wildman–Crippen LogP) is 19.6. The molecule has 0 fully saturated rings. The summed E-state index contributed by atoms with van der Waals surface area (Å²) in [4.78, 5) is 72.4. The molecule has 7 atom stereocenters. The summed E-state index contributed by atoms with van der Waals surface area (Å²) < 4.78 is 68.2. The van der Waals surface area contributed by atoms with Gasteiger partial charge in [-0.2, -0.15) is 0 Å². The number of hydrogen-bond acceptors (Lipinski definition) is 15. The lowest BCUT2D eigenvalue weighted by Crippen LogP contribution is -2.30. The number of carbonyl (C=O) groups excluding carboxylic acids is 4. The maximum absolute atomic E-state index is 13.0. The summed E-state index contributed by atoms with van der Waals surface area (Å²) in [6, 6.07) is 0. The molecule has 0 aliphatic heterocycles. The van der Waals surface area contributed by atoms with E-state index >= 15 is 0 Å². The first-order valence-corrected chi connectivity index (χ1v) is 39.1. The molecule has 0 aromatic carbocycles. The van der Waals surface area contributed by atoms with Crippen molar-refractivity contribution in [3.63, 3.8) is 0 Å². The van der Waals surface area contributed by atoms with Gasteiger partial charge in [-0.15, -0.1) is 0 Å². The first-order valence-electron chi connectivity index (χ1n) is 36.1. The number of rotatable bonds is 68. The van der Waals surface area contributed by atoms with Crippen LogP contribution in [0.25, 0.3) is 0 Å². The largest absolute Gasteiger partial charge is 0.472 e. The van der Waals surface area contributed by atoms with Crippen molar-refractivity contribution in [3.8, 4) is 0 Å². The minimum atomic E-state index is -4.95. The lowest BCUT2D eigenvalue weighted by Gasteiger charge is -2.21. The molecular formula is C69H134O17P2. The number of aliphatic hydroxyl groups is 1. The van der Waals surface area contributed by atoms with Crippen LogP contribution in [-0.4, -0.2) is 96.7 Å². The predicted molar refractivity (Wildman–Crippen MR) is 354 cm³/mol. The number of phosphoric acid groups is 2. The second-order valence-corrected chi connectivity index (χ2v) is 28.3. The summed E-state index contributed by atoms with van der Waals surface area (Å²) in [7, 11) is -9.90. The zero-order valence-electron chi connectivity index (χ0n) is 57.0. The number of unbranched alkanes of at least 4 members (excludes halogenated alkanes) is 36. The van der Waals surface area contributed by atoms with Crippen LogP contribution in [-0.2, 0) is 65.4 Å². The Morgan fingerprint density at radius 1 is 0.318 bits per heavy atom. The van der Waals surface area contributed by atoms with Gasteiger partial charge in [0.05, 0.1) is 26.4 Å². The topological polar surface area (TPSA) is 237 Å². The fourth-order valence-corrected chi connectivity index (χ4v) is 11.9. The number of ether oxygens (including phenoxy) is 4. The molecule has 4 unspecified atom stereocenters. The highest BCUT2D eigenvalue weighted by Crippen LogP contribution is 2.45. The van der Waals surface area contributed by atoms with Gasteiger partial charge in [0.1, 0.15) is 19.3 Å². The van der Waals surface area contributed by atoms with Gasteiger partial charge in [-0.25, -0.2) is 9.13 Å². The molecule has 0 aliphatic carbocycles. The highest BCUT2D eigenvalue weighted by Gasteiger charge is 2.30. The van der Waals surface area contributed by atoms with Crippen LogP contribution in [0.5, 0.6) is 0 Å². The van der Waals surface area contributed by atoms with E-state index in [0.29, 0.717) is 25.7 Å². The Morgan fingerprint density at radius 3 is 0.807 bits per heavy atom. The first-order chi connectivity index (χ1) is 42.4. The molecule has 0 radical (unpaired) electrons. The van der Waals surface area contributed by atoms with Gasteiger partial charge in [0, 0.05) is 25.7 Å². The number of aliphatic hydroxyl groups excluding tert-OH is 1. The third kappa shape index (κ3) is 60.3. The Balaban J connectivity index is 5.24. The SMILES string of the molecule is CCCCCCCCCCCCCCCCCC(=O)O[C@H](COC(=O)CCCCCCCCCCCCC(C)CC)COP(=O)(O)OC[C@@H](O)COP(=O)(O)OC[C@@H](COC(=O)CCCCCCCCCCC)OC(=O)CCCCCCCCC(C)CC. The first kappa shape index (κ1) is 86.1. The van der Waals surface area contributed by atoms with Crippen molar-refractivity contribution in [3.05, 3.63) is 0 Å². The smallest absolute Gasteiger partial charge is 0.462 e. The molecule has 0 rings (SSSR count). The van der Waals surface area contributed by atoms with Crippen molar-refractivity contribution in [2.24, 2.45) is 11.8 Å². The molecule has 88 heavy (non-hydrogen) atoms. The molecule has 3 N–H and O–H groups in total. The molecule has 0 aliphatic rings. The maximum atomic E-state index is 13.0. The Labute approximate surface area is 537 Å². The van der Waals surface area contributed by atoms with Crippen LogP contribution in [0, 0.1) is 11.8 Å². The lowest BCUT2D eigenvalue weighted by atomic mass is 9.99. The van der Waals surface area contributed by atoms with Crippen molar-refractivity contribution < 1.29 is 80.2 Å². The van der Waals surface area contributed by atoms with Crippen molar-refractivity contribution >= 4 is 39.5 Å². The minimum Gasteiger partial charge on any atom is -0.462 e. The van der Waals surface area contributed by atoms with Gasteiger partial charge < -0.3 is 33.8 Å². The molecule has 0 heterocycles. The van der Waals surface area contributed by atoms with Crippen LogP contribution in [0.15, 0.2) is 0 Å². The summed E-state index contributed by atoms with van der Waals surface area (Å²) >= 11 is 0. The second-order valence-electron chi connectivity index (χ2n) is 25.4. The van der Waals surface area contributed by atoms with Gasteiger partial charge in [-0.3, -0.25) is 37.3 Å². The van der Waals surface area contributed by atoms with E-state index in [2.05, 4.69) is 41.5 Å². The molecule has 0 saturated heterocycles. The number of esters is 4. The lowest BCUT2D eigenvalue weighted by molar-refractivity contribution is -0.161. The Bertz CT molecular complexity index is 1720.